The Hall–Kier alpha value is -0.780. The first-order valence-electron chi connectivity index (χ1n) is 13.0. The molecule has 0 aromatic carbocycles. The number of aliphatic hydroxyl groups is 2. The van der Waals surface area contributed by atoms with Gasteiger partial charge in [-0.1, -0.05) is 37.1 Å². The standard InChI is InChI=1S/C27H43F2NO2/c1-18(16-30-11-9-20(17-30)14-26(28)29)24-7-8-25-21(4-3-10-27(24,25)2)6-5-19-12-22(31)15-23(32)13-19/h5-6,18,20,22-26,31-32H,3-4,7-17H2,1-2H3/b21-6+/t18-,20+,22-,23-,24-,25+,27-/m1/s1. The number of allylic oxidation sites excluding steroid dienone is 3. The van der Waals surface area contributed by atoms with E-state index in [0.29, 0.717) is 42.4 Å². The number of likely N-dealkylation sites (tertiary alicyclic amines) is 1. The Morgan fingerprint density at radius 1 is 1.12 bits per heavy atom. The van der Waals surface area contributed by atoms with Crippen molar-refractivity contribution >= 4 is 0 Å². The molecule has 1 saturated heterocycles. The fraction of sp³-hybridized carbons (Fsp3) is 0.852. The van der Waals surface area contributed by atoms with Crippen molar-refractivity contribution in [2.75, 3.05) is 19.6 Å². The molecule has 3 nitrogen and oxygen atoms in total. The van der Waals surface area contributed by atoms with Crippen molar-refractivity contribution in [3.63, 3.8) is 0 Å². The monoisotopic (exact) mass is 451 g/mol. The number of fused-ring (bicyclic) bond motifs is 1. The van der Waals surface area contributed by atoms with Crippen molar-refractivity contribution in [2.45, 2.75) is 96.7 Å². The first-order valence-corrected chi connectivity index (χ1v) is 13.0. The lowest BCUT2D eigenvalue weighted by Gasteiger charge is -2.45. The third-order valence-electron chi connectivity index (χ3n) is 9.23. The Balaban J connectivity index is 1.39. The highest BCUT2D eigenvalue weighted by Crippen LogP contribution is 2.59. The molecule has 0 aromatic heterocycles. The molecule has 0 aromatic rings. The summed E-state index contributed by atoms with van der Waals surface area (Å²) in [5.74, 6) is 2.08. The van der Waals surface area contributed by atoms with Gasteiger partial charge in [-0.15, -0.1) is 0 Å². The minimum absolute atomic E-state index is 0.0613. The van der Waals surface area contributed by atoms with Gasteiger partial charge < -0.3 is 15.1 Å². The normalized spacial score (nSPS) is 40.8. The second kappa shape index (κ2) is 10.2. The molecular formula is C27H43F2NO2. The average molecular weight is 452 g/mol. The zero-order valence-corrected chi connectivity index (χ0v) is 20.0. The lowest BCUT2D eigenvalue weighted by atomic mass is 9.61. The van der Waals surface area contributed by atoms with Crippen LogP contribution in [0.15, 0.2) is 23.3 Å². The molecule has 3 saturated carbocycles. The van der Waals surface area contributed by atoms with Gasteiger partial charge in [-0.05, 0) is 93.4 Å². The Bertz CT molecular complexity index is 696. The summed E-state index contributed by atoms with van der Waals surface area (Å²) in [4.78, 5) is 2.44. The maximum absolute atomic E-state index is 12.8. The van der Waals surface area contributed by atoms with E-state index in [2.05, 4.69) is 30.9 Å². The minimum Gasteiger partial charge on any atom is -0.393 e. The zero-order valence-electron chi connectivity index (χ0n) is 20.0. The molecular weight excluding hydrogens is 408 g/mol. The molecule has 2 N–H and O–H groups in total. The molecule has 0 unspecified atom stereocenters. The molecule has 5 heteroatoms. The fourth-order valence-corrected chi connectivity index (χ4v) is 7.80. The van der Waals surface area contributed by atoms with Crippen LogP contribution in [0.3, 0.4) is 0 Å². The van der Waals surface area contributed by atoms with Gasteiger partial charge in [0.1, 0.15) is 0 Å². The molecule has 1 heterocycles. The zero-order chi connectivity index (χ0) is 22.9. The summed E-state index contributed by atoms with van der Waals surface area (Å²) in [6, 6.07) is 0. The van der Waals surface area contributed by atoms with Crippen LogP contribution in [-0.4, -0.2) is 53.4 Å². The maximum Gasteiger partial charge on any atom is 0.238 e. The number of hydrogen-bond donors (Lipinski definition) is 2. The SMILES string of the molecule is C[C@H](CN1CC[C@@H](CC(F)F)C1)[C@H]1CC[C@H]2/C(=C/C=C3C[C@@H](O)C[C@H](O)C3)CCC[C@]12C. The second-order valence-corrected chi connectivity index (χ2v) is 11.6. The highest BCUT2D eigenvalue weighted by atomic mass is 19.3. The van der Waals surface area contributed by atoms with Gasteiger partial charge in [-0.2, -0.15) is 0 Å². The van der Waals surface area contributed by atoms with Crippen LogP contribution in [-0.2, 0) is 0 Å². The number of halogens is 2. The molecule has 182 valence electrons. The van der Waals surface area contributed by atoms with Crippen LogP contribution in [0.5, 0.6) is 0 Å². The third kappa shape index (κ3) is 5.47. The van der Waals surface area contributed by atoms with E-state index in [0.717, 1.165) is 32.5 Å². The van der Waals surface area contributed by atoms with E-state index >= 15 is 0 Å². The van der Waals surface area contributed by atoms with Crippen LogP contribution >= 0.6 is 0 Å². The summed E-state index contributed by atoms with van der Waals surface area (Å²) in [6.45, 7) is 7.77. The van der Waals surface area contributed by atoms with Gasteiger partial charge in [0.05, 0.1) is 12.2 Å². The topological polar surface area (TPSA) is 43.7 Å². The van der Waals surface area contributed by atoms with Crippen molar-refractivity contribution in [2.24, 2.45) is 29.1 Å². The molecule has 1 aliphatic heterocycles. The Morgan fingerprint density at radius 2 is 1.88 bits per heavy atom. The predicted octanol–water partition coefficient (Wildman–Crippen LogP) is 5.57. The molecule has 0 spiro atoms. The third-order valence-corrected chi connectivity index (χ3v) is 9.23. The number of hydrogen-bond acceptors (Lipinski definition) is 3. The van der Waals surface area contributed by atoms with Gasteiger partial charge in [0.2, 0.25) is 6.43 Å². The lowest BCUT2D eigenvalue weighted by Crippen LogP contribution is -2.39. The summed E-state index contributed by atoms with van der Waals surface area (Å²) in [6.07, 6.45) is 10.6. The van der Waals surface area contributed by atoms with Crippen molar-refractivity contribution in [1.82, 2.24) is 4.90 Å². The van der Waals surface area contributed by atoms with Crippen LogP contribution in [0.1, 0.15) is 78.1 Å². The Labute approximate surface area is 193 Å². The van der Waals surface area contributed by atoms with E-state index in [1.807, 2.05) is 0 Å². The van der Waals surface area contributed by atoms with Crippen LogP contribution < -0.4 is 0 Å². The van der Waals surface area contributed by atoms with E-state index in [4.69, 9.17) is 0 Å². The minimum atomic E-state index is -2.17. The number of rotatable bonds is 6. The second-order valence-electron chi connectivity index (χ2n) is 11.6. The number of alkyl halides is 2. The van der Waals surface area contributed by atoms with E-state index < -0.39 is 18.6 Å². The van der Waals surface area contributed by atoms with Crippen LogP contribution in [0.2, 0.25) is 0 Å². The van der Waals surface area contributed by atoms with Gasteiger partial charge >= 0.3 is 0 Å². The molecule has 3 aliphatic carbocycles. The van der Waals surface area contributed by atoms with Crippen LogP contribution in [0.4, 0.5) is 8.78 Å². The molecule has 0 bridgehead atoms. The first kappa shape index (κ1) is 24.3. The molecule has 0 amide bonds. The predicted molar refractivity (Wildman–Crippen MR) is 125 cm³/mol. The maximum atomic E-state index is 12.8. The molecule has 4 rings (SSSR count). The van der Waals surface area contributed by atoms with Gasteiger partial charge in [0, 0.05) is 19.5 Å². The first-order chi connectivity index (χ1) is 15.2. The van der Waals surface area contributed by atoms with E-state index in [-0.39, 0.29) is 12.3 Å². The smallest absolute Gasteiger partial charge is 0.238 e. The van der Waals surface area contributed by atoms with E-state index in [1.165, 1.54) is 31.3 Å². The van der Waals surface area contributed by atoms with Gasteiger partial charge in [-0.25, -0.2) is 8.78 Å². The van der Waals surface area contributed by atoms with E-state index in [9.17, 15) is 19.0 Å². The van der Waals surface area contributed by atoms with E-state index in [1.54, 1.807) is 5.57 Å². The molecule has 7 atom stereocenters. The quantitative estimate of drug-likeness (QED) is 0.554. The molecule has 0 radical (unpaired) electrons. The molecule has 4 fully saturated rings. The highest BCUT2D eigenvalue weighted by molar-refractivity contribution is 5.26. The summed E-state index contributed by atoms with van der Waals surface area (Å²) in [7, 11) is 0. The van der Waals surface area contributed by atoms with Crippen molar-refractivity contribution < 1.29 is 19.0 Å². The van der Waals surface area contributed by atoms with Crippen LogP contribution in [0.25, 0.3) is 0 Å². The largest absolute Gasteiger partial charge is 0.393 e. The summed E-state index contributed by atoms with van der Waals surface area (Å²) in [5, 5.41) is 20.0. The molecule has 32 heavy (non-hydrogen) atoms. The average Bonchev–Trinajstić information content (AvgIpc) is 3.28. The summed E-state index contributed by atoms with van der Waals surface area (Å²) >= 11 is 0. The fourth-order valence-electron chi connectivity index (χ4n) is 7.80. The lowest BCUT2D eigenvalue weighted by molar-refractivity contribution is 0.0609. The molecule has 4 aliphatic rings. The Morgan fingerprint density at radius 3 is 2.59 bits per heavy atom. The van der Waals surface area contributed by atoms with Crippen molar-refractivity contribution in [3.05, 3.63) is 23.3 Å². The van der Waals surface area contributed by atoms with Crippen molar-refractivity contribution in [1.29, 1.82) is 0 Å². The van der Waals surface area contributed by atoms with Gasteiger partial charge in [0.15, 0.2) is 0 Å². The Kier molecular flexibility index (Phi) is 7.78. The van der Waals surface area contributed by atoms with Crippen molar-refractivity contribution in [3.8, 4) is 0 Å². The number of aliphatic hydroxyl groups excluding tert-OH is 2. The van der Waals surface area contributed by atoms with Gasteiger partial charge in [-0.3, -0.25) is 0 Å². The summed E-state index contributed by atoms with van der Waals surface area (Å²) in [5.41, 5.74) is 3.07. The highest BCUT2D eigenvalue weighted by Gasteiger charge is 2.50. The van der Waals surface area contributed by atoms with Crippen LogP contribution in [0, 0.1) is 29.1 Å². The van der Waals surface area contributed by atoms with Gasteiger partial charge in [0.25, 0.3) is 0 Å². The summed E-state index contributed by atoms with van der Waals surface area (Å²) < 4.78 is 25.5. The number of nitrogens with zero attached hydrogens (tertiary/aromatic N) is 1.